The van der Waals surface area contributed by atoms with Crippen LogP contribution in [0, 0.1) is 0 Å². The number of rotatable bonds is 2. The monoisotopic (exact) mass is 334 g/mol. The van der Waals surface area contributed by atoms with Crippen LogP contribution in [0.2, 0.25) is 0 Å². The Kier molecular flexibility index (Phi) is 4.72. The first-order valence-electron chi connectivity index (χ1n) is 2.73. The highest BCUT2D eigenvalue weighted by atomic mass is 80.0. The SMILES string of the molecule is C=C(C)CC(O)C(Br)(Br)Br. The molecule has 0 spiro atoms. The van der Waals surface area contributed by atoms with E-state index < -0.39 is 8.25 Å². The molecule has 1 atom stereocenters. The van der Waals surface area contributed by atoms with Crippen molar-refractivity contribution in [1.82, 2.24) is 0 Å². The van der Waals surface area contributed by atoms with Gasteiger partial charge in [-0.05, 0) is 13.3 Å². The minimum absolute atomic E-state index is 0.509. The number of hydrogen-bond acceptors (Lipinski definition) is 1. The Balaban J connectivity index is 3.85. The Hall–Kier alpha value is 1.14. The van der Waals surface area contributed by atoms with Crippen LogP contribution in [0.1, 0.15) is 13.3 Å². The first-order valence-corrected chi connectivity index (χ1v) is 5.11. The smallest absolute Gasteiger partial charge is 0.160 e. The maximum Gasteiger partial charge on any atom is 0.160 e. The molecule has 10 heavy (non-hydrogen) atoms. The van der Waals surface area contributed by atoms with E-state index in [1.54, 1.807) is 0 Å². The van der Waals surface area contributed by atoms with Crippen molar-refractivity contribution in [3.05, 3.63) is 12.2 Å². The van der Waals surface area contributed by atoms with Crippen LogP contribution < -0.4 is 0 Å². The molecule has 0 radical (unpaired) electrons. The van der Waals surface area contributed by atoms with Crippen molar-refractivity contribution in [3.63, 3.8) is 0 Å². The fraction of sp³-hybridized carbons (Fsp3) is 0.667. The molecule has 0 aromatic rings. The van der Waals surface area contributed by atoms with E-state index in [-0.39, 0.29) is 0 Å². The van der Waals surface area contributed by atoms with Crippen LogP contribution in [0.3, 0.4) is 0 Å². The van der Waals surface area contributed by atoms with Gasteiger partial charge in [-0.3, -0.25) is 0 Å². The Morgan fingerprint density at radius 2 is 2.00 bits per heavy atom. The molecule has 0 saturated carbocycles. The van der Waals surface area contributed by atoms with Gasteiger partial charge >= 0.3 is 0 Å². The van der Waals surface area contributed by atoms with Crippen LogP contribution in [0.15, 0.2) is 12.2 Å². The molecule has 1 unspecified atom stereocenters. The summed E-state index contributed by atoms with van der Waals surface area (Å²) >= 11 is 9.64. The first kappa shape index (κ1) is 11.1. The van der Waals surface area contributed by atoms with Gasteiger partial charge in [0.1, 0.15) is 0 Å². The fourth-order valence-corrected chi connectivity index (χ4v) is 0.931. The van der Waals surface area contributed by atoms with Gasteiger partial charge in [0.2, 0.25) is 0 Å². The molecule has 0 fully saturated rings. The van der Waals surface area contributed by atoms with E-state index in [9.17, 15) is 5.11 Å². The van der Waals surface area contributed by atoms with Crippen LogP contribution in [0.5, 0.6) is 0 Å². The second-order valence-electron chi connectivity index (χ2n) is 2.22. The number of alkyl halides is 3. The first-order chi connectivity index (χ1) is 4.34. The third-order valence-electron chi connectivity index (χ3n) is 0.920. The Bertz CT molecular complexity index is 127. The highest BCUT2D eigenvalue weighted by Gasteiger charge is 2.28. The average molecular weight is 337 g/mol. The standard InChI is InChI=1S/C6H9Br3O/c1-4(2)3-5(10)6(7,8)9/h5,10H,1,3H2,2H3. The Morgan fingerprint density at radius 1 is 1.60 bits per heavy atom. The van der Waals surface area contributed by atoms with E-state index in [0.717, 1.165) is 5.57 Å². The second-order valence-corrected chi connectivity index (χ2v) is 9.16. The third kappa shape index (κ3) is 4.88. The number of aliphatic hydroxyl groups excluding tert-OH is 1. The van der Waals surface area contributed by atoms with Gasteiger partial charge in [0.15, 0.2) is 2.14 Å². The number of halogens is 3. The predicted octanol–water partition coefficient (Wildman–Crippen LogP) is 3.15. The molecule has 4 heteroatoms. The topological polar surface area (TPSA) is 20.2 Å². The van der Waals surface area contributed by atoms with Crippen LogP contribution >= 0.6 is 47.8 Å². The molecule has 0 bridgehead atoms. The molecule has 0 amide bonds. The Labute approximate surface area is 86.3 Å². The van der Waals surface area contributed by atoms with Gasteiger partial charge in [-0.2, -0.15) is 0 Å². The second kappa shape index (κ2) is 4.24. The minimum atomic E-state index is -0.577. The zero-order valence-electron chi connectivity index (χ0n) is 5.57. The minimum Gasteiger partial charge on any atom is -0.390 e. The molecule has 0 aromatic carbocycles. The van der Waals surface area contributed by atoms with Crippen molar-refractivity contribution >= 4 is 47.8 Å². The van der Waals surface area contributed by atoms with E-state index in [2.05, 4.69) is 54.4 Å². The molecular formula is C6H9Br3O. The average Bonchev–Trinajstić information content (AvgIpc) is 1.60. The van der Waals surface area contributed by atoms with Gasteiger partial charge < -0.3 is 5.11 Å². The predicted molar refractivity (Wildman–Crippen MR) is 54.9 cm³/mol. The molecule has 0 rings (SSSR count). The summed E-state index contributed by atoms with van der Waals surface area (Å²) in [5.74, 6) is 0. The lowest BCUT2D eigenvalue weighted by atomic mass is 10.2. The summed E-state index contributed by atoms with van der Waals surface area (Å²) in [4.78, 5) is 0. The number of aliphatic hydroxyl groups is 1. The third-order valence-corrected chi connectivity index (χ3v) is 2.51. The van der Waals surface area contributed by atoms with E-state index >= 15 is 0 Å². The van der Waals surface area contributed by atoms with Gasteiger partial charge in [0.05, 0.1) is 6.10 Å². The van der Waals surface area contributed by atoms with Gasteiger partial charge in [-0.15, -0.1) is 6.58 Å². The van der Waals surface area contributed by atoms with Crippen LogP contribution in [-0.2, 0) is 0 Å². The number of hydrogen-bond donors (Lipinski definition) is 1. The van der Waals surface area contributed by atoms with E-state index in [1.165, 1.54) is 0 Å². The molecule has 0 aliphatic heterocycles. The largest absolute Gasteiger partial charge is 0.390 e. The lowest BCUT2D eigenvalue weighted by molar-refractivity contribution is 0.190. The van der Waals surface area contributed by atoms with E-state index in [1.807, 2.05) is 6.92 Å². The maximum atomic E-state index is 9.35. The Morgan fingerprint density at radius 3 is 2.10 bits per heavy atom. The molecule has 0 saturated heterocycles. The van der Waals surface area contributed by atoms with Gasteiger partial charge in [-0.25, -0.2) is 0 Å². The zero-order chi connectivity index (χ0) is 8.36. The van der Waals surface area contributed by atoms with Crippen LogP contribution in [0.25, 0.3) is 0 Å². The van der Waals surface area contributed by atoms with Crippen molar-refractivity contribution in [2.75, 3.05) is 0 Å². The lowest BCUT2D eigenvalue weighted by Gasteiger charge is -2.19. The van der Waals surface area contributed by atoms with E-state index in [0.29, 0.717) is 6.42 Å². The van der Waals surface area contributed by atoms with Crippen molar-refractivity contribution in [2.45, 2.75) is 21.6 Å². The summed E-state index contributed by atoms with van der Waals surface area (Å²) in [5, 5.41) is 9.35. The van der Waals surface area contributed by atoms with Crippen molar-refractivity contribution in [2.24, 2.45) is 0 Å². The molecule has 0 aromatic heterocycles. The molecule has 0 heterocycles. The summed E-state index contributed by atoms with van der Waals surface area (Å²) in [7, 11) is 0. The summed E-state index contributed by atoms with van der Waals surface area (Å²) in [6, 6.07) is 0. The van der Waals surface area contributed by atoms with Crippen LogP contribution in [0.4, 0.5) is 0 Å². The summed E-state index contributed by atoms with van der Waals surface area (Å²) in [5.41, 5.74) is 0.954. The molecule has 0 aliphatic rings. The van der Waals surface area contributed by atoms with Gasteiger partial charge in [0, 0.05) is 0 Å². The summed E-state index contributed by atoms with van der Waals surface area (Å²) in [6.45, 7) is 5.56. The van der Waals surface area contributed by atoms with E-state index in [4.69, 9.17) is 0 Å². The van der Waals surface area contributed by atoms with Crippen LogP contribution in [-0.4, -0.2) is 13.4 Å². The van der Waals surface area contributed by atoms with Crippen molar-refractivity contribution < 1.29 is 5.11 Å². The molecule has 1 N–H and O–H groups in total. The highest BCUT2D eigenvalue weighted by molar-refractivity contribution is 9.39. The molecular weight excluding hydrogens is 328 g/mol. The van der Waals surface area contributed by atoms with Crippen molar-refractivity contribution in [3.8, 4) is 0 Å². The van der Waals surface area contributed by atoms with Crippen molar-refractivity contribution in [1.29, 1.82) is 0 Å². The molecule has 0 aliphatic carbocycles. The van der Waals surface area contributed by atoms with Gasteiger partial charge in [-0.1, -0.05) is 53.4 Å². The quantitative estimate of drug-likeness (QED) is 0.606. The molecule has 1 nitrogen and oxygen atoms in total. The fourth-order valence-electron chi connectivity index (χ4n) is 0.446. The maximum absolute atomic E-state index is 9.35. The molecule has 60 valence electrons. The van der Waals surface area contributed by atoms with Gasteiger partial charge in [0.25, 0.3) is 0 Å². The normalized spacial score (nSPS) is 14.9. The zero-order valence-corrected chi connectivity index (χ0v) is 10.3. The lowest BCUT2D eigenvalue weighted by Crippen LogP contribution is -2.23. The summed E-state index contributed by atoms with van der Waals surface area (Å²) < 4.78 is -0.577. The summed E-state index contributed by atoms with van der Waals surface area (Å²) in [6.07, 6.45) is 0.0619. The highest BCUT2D eigenvalue weighted by Crippen LogP contribution is 2.38.